The summed E-state index contributed by atoms with van der Waals surface area (Å²) < 4.78 is 13.5. The second-order valence-electron chi connectivity index (χ2n) is 4.44. The highest BCUT2D eigenvalue weighted by atomic mass is 79.9. The number of benzene rings is 2. The van der Waals surface area contributed by atoms with E-state index in [0.717, 1.165) is 0 Å². The first-order chi connectivity index (χ1) is 9.58. The molecule has 0 radical (unpaired) electrons. The van der Waals surface area contributed by atoms with Crippen molar-refractivity contribution in [3.63, 3.8) is 0 Å². The molecule has 0 spiro atoms. The van der Waals surface area contributed by atoms with Gasteiger partial charge in [-0.15, -0.1) is 0 Å². The van der Waals surface area contributed by atoms with Crippen LogP contribution in [0, 0.1) is 5.82 Å². The number of hydrogen-bond acceptors (Lipinski definition) is 2. The molecule has 2 aromatic rings. The Labute approximate surface area is 123 Å². The van der Waals surface area contributed by atoms with Gasteiger partial charge in [0, 0.05) is 11.1 Å². The molecule has 20 heavy (non-hydrogen) atoms. The third-order valence-electron chi connectivity index (χ3n) is 3.16. The van der Waals surface area contributed by atoms with E-state index in [9.17, 15) is 14.0 Å². The fourth-order valence-electron chi connectivity index (χ4n) is 2.17. The van der Waals surface area contributed by atoms with Crippen molar-refractivity contribution in [1.29, 1.82) is 0 Å². The van der Waals surface area contributed by atoms with Crippen LogP contribution in [0.4, 0.5) is 4.39 Å². The average Bonchev–Trinajstić information content (AvgIpc) is 2.69. The maximum Gasteiger partial charge on any atom is 0.197 e. The minimum Gasteiger partial charge on any atom is -0.288 e. The van der Waals surface area contributed by atoms with E-state index in [4.69, 9.17) is 0 Å². The Morgan fingerprint density at radius 2 is 1.55 bits per heavy atom. The molecule has 2 aromatic carbocycles. The number of carbonyl (C=O) groups is 2. The number of ketones is 2. The van der Waals surface area contributed by atoms with Gasteiger partial charge >= 0.3 is 0 Å². The molecule has 0 N–H and O–H groups in total. The van der Waals surface area contributed by atoms with Gasteiger partial charge in [-0.1, -0.05) is 30.3 Å². The molecule has 0 saturated heterocycles. The fourth-order valence-corrected chi connectivity index (χ4v) is 2.57. The minimum atomic E-state index is -0.389. The van der Waals surface area contributed by atoms with Gasteiger partial charge in [-0.3, -0.25) is 9.59 Å². The first kappa shape index (κ1) is 12.9. The number of carbonyl (C=O) groups excluding carboxylic acids is 2. The van der Waals surface area contributed by atoms with Gasteiger partial charge in [0.25, 0.3) is 0 Å². The van der Waals surface area contributed by atoms with Gasteiger partial charge in [-0.2, -0.15) is 0 Å². The molecule has 0 aliphatic heterocycles. The van der Waals surface area contributed by atoms with Crippen LogP contribution in [0.5, 0.6) is 0 Å². The third-order valence-corrected chi connectivity index (χ3v) is 3.77. The summed E-state index contributed by atoms with van der Waals surface area (Å²) in [6, 6.07) is 11.1. The first-order valence-electron chi connectivity index (χ1n) is 5.93. The van der Waals surface area contributed by atoms with Crippen molar-refractivity contribution >= 4 is 33.6 Å². The number of rotatable bonds is 1. The largest absolute Gasteiger partial charge is 0.288 e. The molecule has 0 amide bonds. The van der Waals surface area contributed by atoms with E-state index in [1.807, 2.05) is 0 Å². The molecular weight excluding hydrogens is 323 g/mol. The lowest BCUT2D eigenvalue weighted by atomic mass is 10.1. The van der Waals surface area contributed by atoms with E-state index in [1.165, 1.54) is 24.3 Å². The number of hydrogen-bond donors (Lipinski definition) is 0. The van der Waals surface area contributed by atoms with Crippen LogP contribution >= 0.6 is 15.9 Å². The van der Waals surface area contributed by atoms with Crippen molar-refractivity contribution < 1.29 is 14.0 Å². The van der Waals surface area contributed by atoms with E-state index in [-0.39, 0.29) is 23.0 Å². The molecule has 1 aliphatic rings. The van der Waals surface area contributed by atoms with Crippen molar-refractivity contribution in [3.05, 3.63) is 75.0 Å². The number of allylic oxidation sites excluding steroid dienone is 1. The molecule has 98 valence electrons. The molecule has 0 heterocycles. The van der Waals surface area contributed by atoms with Gasteiger partial charge in [0.15, 0.2) is 11.6 Å². The Morgan fingerprint density at radius 1 is 0.950 bits per heavy atom. The van der Waals surface area contributed by atoms with Crippen LogP contribution < -0.4 is 0 Å². The van der Waals surface area contributed by atoms with Gasteiger partial charge in [0.1, 0.15) is 5.82 Å². The van der Waals surface area contributed by atoms with Crippen molar-refractivity contribution in [2.75, 3.05) is 0 Å². The Hall–Kier alpha value is -2.07. The molecular formula is C16H8BrFO2. The molecule has 0 atom stereocenters. The van der Waals surface area contributed by atoms with E-state index in [0.29, 0.717) is 21.2 Å². The van der Waals surface area contributed by atoms with Crippen LogP contribution in [-0.4, -0.2) is 11.6 Å². The maximum absolute atomic E-state index is 13.2. The topological polar surface area (TPSA) is 34.1 Å². The summed E-state index contributed by atoms with van der Waals surface area (Å²) in [4.78, 5) is 24.4. The summed E-state index contributed by atoms with van der Waals surface area (Å²) in [5, 5.41) is 0. The summed E-state index contributed by atoms with van der Waals surface area (Å²) in [7, 11) is 0. The Balaban J connectivity index is 2.08. The van der Waals surface area contributed by atoms with E-state index in [1.54, 1.807) is 24.3 Å². The highest BCUT2D eigenvalue weighted by molar-refractivity contribution is 9.10. The minimum absolute atomic E-state index is 0.115. The average molecular weight is 331 g/mol. The Bertz CT molecular complexity index is 741. The number of fused-ring (bicyclic) bond motifs is 1. The predicted octanol–water partition coefficient (Wildman–Crippen LogP) is 4.05. The van der Waals surface area contributed by atoms with Crippen LogP contribution in [0.2, 0.25) is 0 Å². The Kier molecular flexibility index (Phi) is 3.10. The normalized spacial score (nSPS) is 13.6. The summed E-state index contributed by atoms with van der Waals surface area (Å²) >= 11 is 3.08. The van der Waals surface area contributed by atoms with Crippen LogP contribution in [0.1, 0.15) is 26.3 Å². The van der Waals surface area contributed by atoms with Gasteiger partial charge in [0.05, 0.1) is 10.0 Å². The van der Waals surface area contributed by atoms with E-state index >= 15 is 0 Å². The van der Waals surface area contributed by atoms with Crippen molar-refractivity contribution in [2.24, 2.45) is 0 Å². The van der Waals surface area contributed by atoms with Crippen LogP contribution in [-0.2, 0) is 0 Å². The fraction of sp³-hybridized carbons (Fsp3) is 0. The quantitative estimate of drug-likeness (QED) is 0.584. The molecule has 0 saturated carbocycles. The number of Topliss-reactive ketones (excluding diaryl/α,β-unsaturated/α-hetero) is 2. The van der Waals surface area contributed by atoms with Crippen LogP contribution in [0.25, 0.3) is 6.08 Å². The second-order valence-corrected chi connectivity index (χ2v) is 5.29. The van der Waals surface area contributed by atoms with E-state index in [2.05, 4.69) is 15.9 Å². The van der Waals surface area contributed by atoms with Crippen molar-refractivity contribution in [1.82, 2.24) is 0 Å². The third kappa shape index (κ3) is 2.02. The highest BCUT2D eigenvalue weighted by Crippen LogP contribution is 2.28. The molecule has 0 bridgehead atoms. The summed E-state index contributed by atoms with van der Waals surface area (Å²) in [6.45, 7) is 0. The van der Waals surface area contributed by atoms with E-state index < -0.39 is 0 Å². The predicted molar refractivity (Wildman–Crippen MR) is 77.2 cm³/mol. The summed E-state index contributed by atoms with van der Waals surface area (Å²) in [5.41, 5.74) is 1.56. The molecule has 0 fully saturated rings. The van der Waals surface area contributed by atoms with Gasteiger partial charge in [0.2, 0.25) is 0 Å². The van der Waals surface area contributed by atoms with Crippen molar-refractivity contribution in [3.8, 4) is 0 Å². The monoisotopic (exact) mass is 330 g/mol. The molecule has 2 nitrogen and oxygen atoms in total. The number of halogens is 2. The molecule has 1 aliphatic carbocycles. The molecule has 3 rings (SSSR count). The lowest BCUT2D eigenvalue weighted by Crippen LogP contribution is -2.00. The van der Waals surface area contributed by atoms with Crippen LogP contribution in [0.15, 0.2) is 52.5 Å². The SMILES string of the molecule is O=C1C(=Cc2ccc(F)c(Br)c2)C(=O)c2ccccc21. The lowest BCUT2D eigenvalue weighted by molar-refractivity contribution is 0.0990. The van der Waals surface area contributed by atoms with Gasteiger partial charge in [-0.25, -0.2) is 4.39 Å². The molecule has 0 aromatic heterocycles. The molecule has 0 unspecified atom stereocenters. The van der Waals surface area contributed by atoms with Gasteiger partial charge < -0.3 is 0 Å². The zero-order valence-electron chi connectivity index (χ0n) is 10.2. The zero-order valence-corrected chi connectivity index (χ0v) is 11.8. The summed E-state index contributed by atoms with van der Waals surface area (Å²) in [5.74, 6) is -0.961. The smallest absolute Gasteiger partial charge is 0.197 e. The van der Waals surface area contributed by atoms with Gasteiger partial charge in [-0.05, 0) is 39.7 Å². The highest BCUT2D eigenvalue weighted by Gasteiger charge is 2.32. The summed E-state index contributed by atoms with van der Waals surface area (Å²) in [6.07, 6.45) is 1.49. The first-order valence-corrected chi connectivity index (χ1v) is 6.72. The second kappa shape index (κ2) is 4.80. The van der Waals surface area contributed by atoms with Crippen molar-refractivity contribution in [2.45, 2.75) is 0 Å². The van der Waals surface area contributed by atoms with Crippen LogP contribution in [0.3, 0.4) is 0 Å². The lowest BCUT2D eigenvalue weighted by Gasteiger charge is -1.98. The maximum atomic E-state index is 13.2. The zero-order chi connectivity index (χ0) is 14.3. The molecule has 4 heteroatoms. The standard InChI is InChI=1S/C16H8BrFO2/c17-13-8-9(5-6-14(13)18)7-12-15(19)10-3-1-2-4-11(10)16(12)20/h1-8H. The Morgan fingerprint density at radius 3 is 2.10 bits per heavy atom.